The molecule has 0 radical (unpaired) electrons. The van der Waals surface area contributed by atoms with Crippen LogP contribution >= 0.6 is 0 Å². The van der Waals surface area contributed by atoms with Gasteiger partial charge in [-0.05, 0) is 31.9 Å². The summed E-state index contributed by atoms with van der Waals surface area (Å²) in [5.74, 6) is 2.45. The molecule has 1 amide bonds. The van der Waals surface area contributed by atoms with Crippen molar-refractivity contribution in [3.8, 4) is 0 Å². The predicted molar refractivity (Wildman–Crippen MR) is 72.5 cm³/mol. The Morgan fingerprint density at radius 1 is 1.25 bits per heavy atom. The van der Waals surface area contributed by atoms with Crippen molar-refractivity contribution in [1.82, 2.24) is 15.4 Å². The van der Waals surface area contributed by atoms with Gasteiger partial charge in [-0.15, -0.1) is 10.2 Å². The van der Waals surface area contributed by atoms with Gasteiger partial charge in [-0.1, -0.05) is 11.6 Å². The fourth-order valence-electron chi connectivity index (χ4n) is 1.92. The average molecular weight is 273 g/mol. The fraction of sp³-hybridized carbons (Fsp3) is 0.385. The van der Waals surface area contributed by atoms with E-state index < -0.39 is 0 Å². The van der Waals surface area contributed by atoms with Gasteiger partial charge in [-0.2, -0.15) is 0 Å². The zero-order valence-electron chi connectivity index (χ0n) is 11.1. The SMILES string of the molecule is Cc1cc(Nc2ccc(NC(=O)C3CCC3)nn2)no1. The smallest absolute Gasteiger partial charge is 0.228 e. The minimum absolute atomic E-state index is 0.0263. The number of amides is 1. The van der Waals surface area contributed by atoms with Crippen LogP contribution in [0.5, 0.6) is 0 Å². The number of rotatable bonds is 4. The van der Waals surface area contributed by atoms with Crippen molar-refractivity contribution in [3.05, 3.63) is 24.0 Å². The lowest BCUT2D eigenvalue weighted by Crippen LogP contribution is -2.28. The van der Waals surface area contributed by atoms with E-state index in [1.165, 1.54) is 0 Å². The minimum Gasteiger partial charge on any atom is -0.360 e. The Morgan fingerprint density at radius 3 is 2.55 bits per heavy atom. The molecule has 7 heteroatoms. The number of nitrogens with zero attached hydrogens (tertiary/aromatic N) is 3. The monoisotopic (exact) mass is 273 g/mol. The quantitative estimate of drug-likeness (QED) is 0.887. The van der Waals surface area contributed by atoms with E-state index in [-0.39, 0.29) is 11.8 Å². The van der Waals surface area contributed by atoms with Crippen molar-refractivity contribution < 1.29 is 9.32 Å². The highest BCUT2D eigenvalue weighted by Crippen LogP contribution is 2.27. The van der Waals surface area contributed by atoms with Crippen LogP contribution in [-0.4, -0.2) is 21.3 Å². The Balaban J connectivity index is 1.60. The van der Waals surface area contributed by atoms with Crippen molar-refractivity contribution in [2.24, 2.45) is 5.92 Å². The van der Waals surface area contributed by atoms with Crippen LogP contribution in [0.4, 0.5) is 17.5 Å². The third-order valence-electron chi connectivity index (χ3n) is 3.28. The summed E-state index contributed by atoms with van der Waals surface area (Å²) < 4.78 is 4.94. The van der Waals surface area contributed by atoms with Crippen LogP contribution in [0.2, 0.25) is 0 Å². The lowest BCUT2D eigenvalue weighted by Gasteiger charge is -2.23. The molecule has 1 aliphatic rings. The van der Waals surface area contributed by atoms with E-state index in [1.54, 1.807) is 18.2 Å². The van der Waals surface area contributed by atoms with Crippen LogP contribution in [0.1, 0.15) is 25.0 Å². The maximum absolute atomic E-state index is 11.8. The first-order chi connectivity index (χ1) is 9.70. The lowest BCUT2D eigenvalue weighted by atomic mass is 9.85. The van der Waals surface area contributed by atoms with Gasteiger partial charge in [0, 0.05) is 12.0 Å². The second-order valence-corrected chi connectivity index (χ2v) is 4.87. The van der Waals surface area contributed by atoms with E-state index in [9.17, 15) is 4.79 Å². The van der Waals surface area contributed by atoms with Gasteiger partial charge >= 0.3 is 0 Å². The summed E-state index contributed by atoms with van der Waals surface area (Å²) in [6.45, 7) is 1.81. The van der Waals surface area contributed by atoms with Crippen molar-refractivity contribution >= 4 is 23.4 Å². The van der Waals surface area contributed by atoms with E-state index in [2.05, 4.69) is 26.0 Å². The molecule has 7 nitrogen and oxygen atoms in total. The number of hydrogen-bond donors (Lipinski definition) is 2. The van der Waals surface area contributed by atoms with E-state index >= 15 is 0 Å². The number of carbonyl (C=O) groups excluding carboxylic acids is 1. The van der Waals surface area contributed by atoms with E-state index in [4.69, 9.17) is 4.52 Å². The van der Waals surface area contributed by atoms with Gasteiger partial charge in [-0.25, -0.2) is 0 Å². The second kappa shape index (κ2) is 5.28. The number of carbonyl (C=O) groups is 1. The summed E-state index contributed by atoms with van der Waals surface area (Å²) in [5.41, 5.74) is 0. The molecule has 0 spiro atoms. The van der Waals surface area contributed by atoms with Gasteiger partial charge in [-0.3, -0.25) is 4.79 Å². The second-order valence-electron chi connectivity index (χ2n) is 4.87. The molecule has 1 fully saturated rings. The maximum Gasteiger partial charge on any atom is 0.228 e. The summed E-state index contributed by atoms with van der Waals surface area (Å²) in [6, 6.07) is 5.19. The Morgan fingerprint density at radius 2 is 2.00 bits per heavy atom. The highest BCUT2D eigenvalue weighted by Gasteiger charge is 2.25. The van der Waals surface area contributed by atoms with E-state index in [0.717, 1.165) is 19.3 Å². The first-order valence-electron chi connectivity index (χ1n) is 6.55. The summed E-state index contributed by atoms with van der Waals surface area (Å²) in [5, 5.41) is 17.5. The fourth-order valence-corrected chi connectivity index (χ4v) is 1.92. The molecule has 2 heterocycles. The third kappa shape index (κ3) is 2.76. The molecule has 2 aromatic rings. The molecule has 1 saturated carbocycles. The highest BCUT2D eigenvalue weighted by molar-refractivity contribution is 5.92. The van der Waals surface area contributed by atoms with E-state index in [0.29, 0.717) is 23.2 Å². The van der Waals surface area contributed by atoms with Gasteiger partial charge in [0.15, 0.2) is 17.5 Å². The number of aromatic nitrogens is 3. The number of hydrogen-bond acceptors (Lipinski definition) is 6. The summed E-state index contributed by atoms with van der Waals surface area (Å²) in [4.78, 5) is 11.8. The van der Waals surface area contributed by atoms with Gasteiger partial charge in [0.25, 0.3) is 0 Å². The largest absolute Gasteiger partial charge is 0.360 e. The molecular formula is C13H15N5O2. The number of aryl methyl sites for hydroxylation is 1. The lowest BCUT2D eigenvalue weighted by molar-refractivity contribution is -0.122. The van der Waals surface area contributed by atoms with Gasteiger partial charge < -0.3 is 15.2 Å². The molecule has 3 rings (SSSR count). The molecule has 2 N–H and O–H groups in total. The molecule has 0 aliphatic heterocycles. The van der Waals surface area contributed by atoms with Crippen LogP contribution in [0.3, 0.4) is 0 Å². The Kier molecular flexibility index (Phi) is 3.32. The van der Waals surface area contributed by atoms with E-state index in [1.807, 2.05) is 6.92 Å². The van der Waals surface area contributed by atoms with Gasteiger partial charge in [0.2, 0.25) is 5.91 Å². The minimum atomic E-state index is 0.0263. The molecule has 104 valence electrons. The Hall–Kier alpha value is -2.44. The maximum atomic E-state index is 11.8. The summed E-state index contributed by atoms with van der Waals surface area (Å²) >= 11 is 0. The average Bonchev–Trinajstić information content (AvgIpc) is 2.75. The van der Waals surface area contributed by atoms with Gasteiger partial charge in [0.1, 0.15) is 5.76 Å². The van der Waals surface area contributed by atoms with Crippen molar-refractivity contribution in [2.45, 2.75) is 26.2 Å². The summed E-state index contributed by atoms with van der Waals surface area (Å²) in [7, 11) is 0. The van der Waals surface area contributed by atoms with Crippen molar-refractivity contribution in [1.29, 1.82) is 0 Å². The first kappa shape index (κ1) is 12.6. The standard InChI is InChI=1S/C13H15N5O2/c1-8-7-12(18-20-8)14-10-5-6-11(17-16-10)15-13(19)9-3-2-4-9/h5-7,9H,2-4H2,1H3,(H,14,16,18)(H,15,17,19). The molecule has 1 aliphatic carbocycles. The molecule has 0 bridgehead atoms. The normalized spacial score (nSPS) is 14.7. The first-order valence-corrected chi connectivity index (χ1v) is 6.55. The van der Waals surface area contributed by atoms with Crippen LogP contribution in [0.25, 0.3) is 0 Å². The summed E-state index contributed by atoms with van der Waals surface area (Å²) in [6.07, 6.45) is 3.05. The molecular weight excluding hydrogens is 258 g/mol. The van der Waals surface area contributed by atoms with Crippen LogP contribution in [-0.2, 0) is 4.79 Å². The molecule has 0 saturated heterocycles. The molecule has 0 atom stereocenters. The van der Waals surface area contributed by atoms with Crippen LogP contribution < -0.4 is 10.6 Å². The third-order valence-corrected chi connectivity index (χ3v) is 3.28. The van der Waals surface area contributed by atoms with Crippen LogP contribution in [0, 0.1) is 12.8 Å². The molecule has 0 unspecified atom stereocenters. The number of anilines is 3. The zero-order chi connectivity index (χ0) is 13.9. The molecule has 20 heavy (non-hydrogen) atoms. The molecule has 2 aromatic heterocycles. The topological polar surface area (TPSA) is 92.9 Å². The molecule has 0 aromatic carbocycles. The number of nitrogens with one attached hydrogen (secondary N) is 2. The Bertz CT molecular complexity index is 603. The van der Waals surface area contributed by atoms with Crippen molar-refractivity contribution in [2.75, 3.05) is 10.6 Å². The predicted octanol–water partition coefficient (Wildman–Crippen LogP) is 2.26. The highest BCUT2D eigenvalue weighted by atomic mass is 16.5. The van der Waals surface area contributed by atoms with Gasteiger partial charge in [0.05, 0.1) is 0 Å². The Labute approximate surface area is 115 Å². The van der Waals surface area contributed by atoms with Crippen molar-refractivity contribution in [3.63, 3.8) is 0 Å². The zero-order valence-corrected chi connectivity index (χ0v) is 11.1. The van der Waals surface area contributed by atoms with Crippen LogP contribution in [0.15, 0.2) is 22.7 Å².